The van der Waals surface area contributed by atoms with Crippen LogP contribution in [-0.2, 0) is 11.2 Å². The molecule has 1 aromatic heterocycles. The fourth-order valence-electron chi connectivity index (χ4n) is 1.76. The molecule has 0 aliphatic rings. The molecule has 1 N–H and O–H groups in total. The fourth-order valence-corrected chi connectivity index (χ4v) is 2.75. The molecule has 0 fully saturated rings. The maximum atomic E-state index is 11.4. The Hall–Kier alpha value is -1.10. The lowest BCUT2D eigenvalue weighted by Crippen LogP contribution is -2.15. The van der Waals surface area contributed by atoms with Crippen molar-refractivity contribution in [3.63, 3.8) is 0 Å². The molecule has 0 spiro atoms. The van der Waals surface area contributed by atoms with Gasteiger partial charge in [-0.1, -0.05) is 29.3 Å². The van der Waals surface area contributed by atoms with E-state index < -0.39 is 11.9 Å². The molecule has 6 heteroatoms. The summed E-state index contributed by atoms with van der Waals surface area (Å²) in [6, 6.07) is 5.15. The van der Waals surface area contributed by atoms with Crippen LogP contribution in [0.5, 0.6) is 0 Å². The molecule has 0 aliphatic carbocycles. The Bertz CT molecular complexity index is 612. The summed E-state index contributed by atoms with van der Waals surface area (Å²) in [5, 5.41) is 12.9. The molecular weight excluding hydrogens is 305 g/mol. The summed E-state index contributed by atoms with van der Waals surface area (Å²) < 4.78 is 0. The van der Waals surface area contributed by atoms with Crippen LogP contribution in [0.3, 0.4) is 0 Å². The zero-order valence-corrected chi connectivity index (χ0v) is 12.4. The summed E-state index contributed by atoms with van der Waals surface area (Å²) in [5.41, 5.74) is 1.41. The first-order valence-corrected chi connectivity index (χ1v) is 7.19. The Labute approximate surface area is 124 Å². The smallest absolute Gasteiger partial charge is 0.312 e. The third-order valence-electron chi connectivity index (χ3n) is 2.72. The minimum absolute atomic E-state index is 0.343. The van der Waals surface area contributed by atoms with E-state index in [9.17, 15) is 9.90 Å². The van der Waals surface area contributed by atoms with E-state index in [1.54, 1.807) is 23.6 Å². The molecule has 0 saturated carbocycles. The van der Waals surface area contributed by atoms with Gasteiger partial charge in [0.05, 0.1) is 20.7 Å². The maximum Gasteiger partial charge on any atom is 0.312 e. The normalized spacial score (nSPS) is 12.4. The zero-order valence-electron chi connectivity index (χ0n) is 10.1. The van der Waals surface area contributed by atoms with Crippen LogP contribution in [0.4, 0.5) is 0 Å². The third kappa shape index (κ3) is 3.47. The first-order valence-electron chi connectivity index (χ1n) is 5.56. The third-order valence-corrected chi connectivity index (χ3v) is 4.25. The van der Waals surface area contributed by atoms with Crippen LogP contribution in [0, 0.1) is 6.92 Å². The number of carboxylic acids is 1. The number of benzene rings is 1. The Balaban J connectivity index is 2.26. The lowest BCUT2D eigenvalue weighted by molar-refractivity contribution is -0.138. The Morgan fingerprint density at radius 1 is 1.42 bits per heavy atom. The van der Waals surface area contributed by atoms with Crippen molar-refractivity contribution in [1.82, 2.24) is 4.98 Å². The lowest BCUT2D eigenvalue weighted by Gasteiger charge is -2.10. The summed E-state index contributed by atoms with van der Waals surface area (Å²) in [7, 11) is 0. The predicted molar refractivity (Wildman–Crippen MR) is 77.4 cm³/mol. The summed E-state index contributed by atoms with van der Waals surface area (Å²) in [5.74, 6) is -1.56. The lowest BCUT2D eigenvalue weighted by atomic mass is 9.97. The van der Waals surface area contributed by atoms with E-state index in [1.807, 2.05) is 6.92 Å². The number of aromatic nitrogens is 1. The van der Waals surface area contributed by atoms with Gasteiger partial charge < -0.3 is 5.11 Å². The molecule has 1 atom stereocenters. The second-order valence-corrected chi connectivity index (χ2v) is 6.01. The second-order valence-electron chi connectivity index (χ2n) is 4.13. The first-order chi connectivity index (χ1) is 8.97. The van der Waals surface area contributed by atoms with Crippen LogP contribution in [-0.4, -0.2) is 16.1 Å². The number of rotatable bonds is 4. The van der Waals surface area contributed by atoms with Gasteiger partial charge >= 0.3 is 5.97 Å². The van der Waals surface area contributed by atoms with Gasteiger partial charge in [-0.3, -0.25) is 4.79 Å². The van der Waals surface area contributed by atoms with Crippen LogP contribution in [0.1, 0.15) is 22.2 Å². The van der Waals surface area contributed by atoms with Crippen molar-refractivity contribution in [1.29, 1.82) is 0 Å². The monoisotopic (exact) mass is 315 g/mol. The fraction of sp³-hybridized carbons (Fsp3) is 0.231. The van der Waals surface area contributed by atoms with Crippen LogP contribution in [0.25, 0.3) is 0 Å². The highest BCUT2D eigenvalue weighted by Gasteiger charge is 2.23. The van der Waals surface area contributed by atoms with Crippen molar-refractivity contribution in [3.8, 4) is 0 Å². The van der Waals surface area contributed by atoms with E-state index in [2.05, 4.69) is 4.98 Å². The van der Waals surface area contributed by atoms with Gasteiger partial charge in [-0.2, -0.15) is 0 Å². The quantitative estimate of drug-likeness (QED) is 0.921. The van der Waals surface area contributed by atoms with Crippen molar-refractivity contribution in [3.05, 3.63) is 49.9 Å². The van der Waals surface area contributed by atoms with Gasteiger partial charge in [-0.15, -0.1) is 11.3 Å². The first kappa shape index (κ1) is 14.3. The Morgan fingerprint density at radius 2 is 2.16 bits per heavy atom. The molecule has 1 heterocycles. The van der Waals surface area contributed by atoms with Gasteiger partial charge in [0, 0.05) is 5.38 Å². The average molecular weight is 316 g/mol. The summed E-state index contributed by atoms with van der Waals surface area (Å²) in [6.45, 7) is 1.85. The number of hydrogen-bond donors (Lipinski definition) is 1. The zero-order chi connectivity index (χ0) is 14.0. The number of thiazole rings is 1. The maximum absolute atomic E-state index is 11.4. The highest BCUT2D eigenvalue weighted by atomic mass is 35.5. The molecule has 100 valence electrons. The van der Waals surface area contributed by atoms with Gasteiger partial charge in [0.2, 0.25) is 0 Å². The molecule has 0 bridgehead atoms. The molecule has 1 aromatic carbocycles. The molecular formula is C13H11Cl2NO2S. The number of carbonyl (C=O) groups is 1. The number of aliphatic carboxylic acids is 1. The second kappa shape index (κ2) is 5.90. The topological polar surface area (TPSA) is 50.2 Å². The van der Waals surface area contributed by atoms with Crippen LogP contribution >= 0.6 is 34.5 Å². The average Bonchev–Trinajstić information content (AvgIpc) is 2.76. The van der Waals surface area contributed by atoms with Gasteiger partial charge in [0.25, 0.3) is 0 Å². The van der Waals surface area contributed by atoms with Gasteiger partial charge in [0.15, 0.2) is 0 Å². The Kier molecular flexibility index (Phi) is 4.45. The molecule has 1 unspecified atom stereocenters. The standard InChI is InChI=1S/C13H11Cl2NO2S/c1-7-16-12(6-19-7)9(13(17)18)4-8-2-3-10(14)11(15)5-8/h2-3,5-6,9H,4H2,1H3,(H,17,18). The number of carboxylic acid groups (broad SMARTS) is 1. The van der Waals surface area contributed by atoms with Crippen molar-refractivity contribution in [2.75, 3.05) is 0 Å². The predicted octanol–water partition coefficient (Wildman–Crippen LogP) is 4.17. The van der Waals surface area contributed by atoms with Crippen molar-refractivity contribution in [2.45, 2.75) is 19.3 Å². The number of aryl methyl sites for hydroxylation is 1. The minimum Gasteiger partial charge on any atom is -0.481 e. The van der Waals surface area contributed by atoms with E-state index in [1.165, 1.54) is 11.3 Å². The van der Waals surface area contributed by atoms with Crippen LogP contribution in [0.15, 0.2) is 23.6 Å². The SMILES string of the molecule is Cc1nc(C(Cc2ccc(Cl)c(Cl)c2)C(=O)O)cs1. The largest absolute Gasteiger partial charge is 0.481 e. The number of halogens is 2. The van der Waals surface area contributed by atoms with E-state index in [4.69, 9.17) is 23.2 Å². The molecule has 3 nitrogen and oxygen atoms in total. The summed E-state index contributed by atoms with van der Waals surface area (Å²) in [6.07, 6.45) is 0.343. The number of nitrogens with zero attached hydrogens (tertiary/aromatic N) is 1. The summed E-state index contributed by atoms with van der Waals surface area (Å²) >= 11 is 13.2. The van der Waals surface area contributed by atoms with Crippen LogP contribution < -0.4 is 0 Å². The molecule has 0 radical (unpaired) electrons. The highest BCUT2D eigenvalue weighted by Crippen LogP contribution is 2.27. The van der Waals surface area contributed by atoms with E-state index in [0.29, 0.717) is 22.2 Å². The van der Waals surface area contributed by atoms with Crippen molar-refractivity contribution < 1.29 is 9.90 Å². The molecule has 2 aromatic rings. The van der Waals surface area contributed by atoms with Crippen molar-refractivity contribution in [2.24, 2.45) is 0 Å². The molecule has 19 heavy (non-hydrogen) atoms. The Morgan fingerprint density at radius 3 is 2.68 bits per heavy atom. The van der Waals surface area contributed by atoms with Gasteiger partial charge in [-0.05, 0) is 31.0 Å². The van der Waals surface area contributed by atoms with E-state index in [0.717, 1.165) is 10.6 Å². The van der Waals surface area contributed by atoms with Crippen molar-refractivity contribution >= 4 is 40.5 Å². The summed E-state index contributed by atoms with van der Waals surface area (Å²) in [4.78, 5) is 15.6. The van der Waals surface area contributed by atoms with E-state index >= 15 is 0 Å². The highest BCUT2D eigenvalue weighted by molar-refractivity contribution is 7.09. The number of hydrogen-bond acceptors (Lipinski definition) is 3. The minimum atomic E-state index is -0.892. The van der Waals surface area contributed by atoms with Gasteiger partial charge in [-0.25, -0.2) is 4.98 Å². The molecule has 0 amide bonds. The van der Waals surface area contributed by atoms with E-state index in [-0.39, 0.29) is 0 Å². The molecule has 0 saturated heterocycles. The van der Waals surface area contributed by atoms with Gasteiger partial charge in [0.1, 0.15) is 5.92 Å². The molecule has 2 rings (SSSR count). The van der Waals surface area contributed by atoms with Crippen LogP contribution in [0.2, 0.25) is 10.0 Å². The molecule has 0 aliphatic heterocycles.